The van der Waals surface area contributed by atoms with E-state index >= 15 is 0 Å². The van der Waals surface area contributed by atoms with Crippen molar-refractivity contribution in [3.8, 4) is 0 Å². The van der Waals surface area contributed by atoms with Gasteiger partial charge in [-0.3, -0.25) is 4.79 Å². The van der Waals surface area contributed by atoms with Crippen LogP contribution in [0.25, 0.3) is 0 Å². The first-order valence-corrected chi connectivity index (χ1v) is 7.42. The normalized spacial score (nSPS) is 10.8. The van der Waals surface area contributed by atoms with Crippen LogP contribution in [0.3, 0.4) is 0 Å². The Bertz CT molecular complexity index is 625. The van der Waals surface area contributed by atoms with Crippen molar-refractivity contribution in [1.82, 2.24) is 9.78 Å². The summed E-state index contributed by atoms with van der Waals surface area (Å²) in [6.07, 6.45) is 1.67. The Balaban J connectivity index is 2.20. The maximum absolute atomic E-state index is 12.3. The van der Waals surface area contributed by atoms with E-state index in [1.165, 1.54) is 0 Å². The molecule has 0 aliphatic carbocycles. The number of hydrogen-bond donors (Lipinski definition) is 1. The number of amides is 1. The number of hydrogen-bond acceptors (Lipinski definition) is 2. The van der Waals surface area contributed by atoms with E-state index in [9.17, 15) is 4.79 Å². The van der Waals surface area contributed by atoms with E-state index in [1.54, 1.807) is 35.1 Å². The first-order valence-electron chi connectivity index (χ1n) is 6.25. The first-order chi connectivity index (χ1) is 9.47. The highest BCUT2D eigenvalue weighted by molar-refractivity contribution is 9.10. The highest BCUT2D eigenvalue weighted by Crippen LogP contribution is 2.22. The van der Waals surface area contributed by atoms with Gasteiger partial charge in [0.25, 0.3) is 5.91 Å². The molecule has 1 N–H and O–H groups in total. The monoisotopic (exact) mass is 355 g/mol. The molecule has 1 aromatic heterocycles. The van der Waals surface area contributed by atoms with Crippen LogP contribution in [0.15, 0.2) is 34.9 Å². The third-order valence-corrected chi connectivity index (χ3v) is 3.49. The van der Waals surface area contributed by atoms with E-state index in [4.69, 9.17) is 11.6 Å². The topological polar surface area (TPSA) is 46.9 Å². The van der Waals surface area contributed by atoms with Crippen molar-refractivity contribution >= 4 is 39.3 Å². The number of anilines is 1. The molecule has 0 atom stereocenters. The minimum absolute atomic E-state index is 0.248. The number of aromatic nitrogens is 2. The van der Waals surface area contributed by atoms with Gasteiger partial charge in [-0.2, -0.15) is 5.10 Å². The Morgan fingerprint density at radius 1 is 1.45 bits per heavy atom. The van der Waals surface area contributed by atoms with Crippen molar-refractivity contribution in [3.05, 3.63) is 45.5 Å². The molecule has 1 aromatic carbocycles. The molecular formula is C14H15BrClN3O. The van der Waals surface area contributed by atoms with E-state index < -0.39 is 0 Å². The molecule has 0 spiro atoms. The summed E-state index contributed by atoms with van der Waals surface area (Å²) < 4.78 is 2.58. The van der Waals surface area contributed by atoms with Crippen LogP contribution in [-0.4, -0.2) is 15.7 Å². The lowest BCUT2D eigenvalue weighted by Gasteiger charge is -2.11. The Kier molecular flexibility index (Phi) is 4.83. The molecule has 1 heterocycles. The van der Waals surface area contributed by atoms with Gasteiger partial charge >= 0.3 is 0 Å². The molecule has 0 saturated heterocycles. The van der Waals surface area contributed by atoms with Crippen molar-refractivity contribution < 1.29 is 4.79 Å². The van der Waals surface area contributed by atoms with Crippen molar-refractivity contribution in [1.29, 1.82) is 0 Å². The van der Waals surface area contributed by atoms with Gasteiger partial charge in [0, 0.05) is 17.1 Å². The largest absolute Gasteiger partial charge is 0.307 e. The summed E-state index contributed by atoms with van der Waals surface area (Å²) in [7, 11) is 0. The van der Waals surface area contributed by atoms with Crippen LogP contribution in [0.4, 0.5) is 5.82 Å². The fourth-order valence-corrected chi connectivity index (χ4v) is 2.35. The van der Waals surface area contributed by atoms with E-state index in [2.05, 4.69) is 40.2 Å². The van der Waals surface area contributed by atoms with E-state index in [1.807, 2.05) is 0 Å². The van der Waals surface area contributed by atoms with Crippen LogP contribution in [0.1, 0.15) is 24.2 Å². The Labute approximate surface area is 131 Å². The van der Waals surface area contributed by atoms with Gasteiger partial charge in [0.05, 0.1) is 16.8 Å². The summed E-state index contributed by atoms with van der Waals surface area (Å²) >= 11 is 9.38. The maximum atomic E-state index is 12.3. The molecule has 6 heteroatoms. The fraction of sp³-hybridized carbons (Fsp3) is 0.286. The predicted octanol–water partition coefficient (Wildman–Crippen LogP) is 4.21. The van der Waals surface area contributed by atoms with Crippen LogP contribution in [-0.2, 0) is 6.54 Å². The zero-order valence-corrected chi connectivity index (χ0v) is 13.6. The van der Waals surface area contributed by atoms with Gasteiger partial charge in [-0.15, -0.1) is 0 Å². The van der Waals surface area contributed by atoms with Crippen LogP contribution in [0.2, 0.25) is 5.02 Å². The average Bonchev–Trinajstić information content (AvgIpc) is 2.78. The van der Waals surface area contributed by atoms with Gasteiger partial charge in [0.2, 0.25) is 0 Å². The molecule has 1 amide bonds. The molecular weight excluding hydrogens is 342 g/mol. The number of nitrogens with zero attached hydrogens (tertiary/aromatic N) is 2. The summed E-state index contributed by atoms with van der Waals surface area (Å²) in [4.78, 5) is 12.3. The quantitative estimate of drug-likeness (QED) is 0.892. The molecule has 0 aliphatic heterocycles. The molecule has 4 nitrogen and oxygen atoms in total. The van der Waals surface area contributed by atoms with E-state index in [-0.39, 0.29) is 5.91 Å². The van der Waals surface area contributed by atoms with Crippen LogP contribution >= 0.6 is 27.5 Å². The number of nitrogens with one attached hydrogen (secondary N) is 1. The highest BCUT2D eigenvalue weighted by Gasteiger charge is 2.13. The predicted molar refractivity (Wildman–Crippen MR) is 84.2 cm³/mol. The first kappa shape index (κ1) is 15.1. The van der Waals surface area contributed by atoms with Gasteiger partial charge < -0.3 is 5.32 Å². The third-order valence-electron chi connectivity index (χ3n) is 2.67. The maximum Gasteiger partial charge on any atom is 0.258 e. The van der Waals surface area contributed by atoms with Gasteiger partial charge in [0.1, 0.15) is 5.82 Å². The molecule has 0 bridgehead atoms. The summed E-state index contributed by atoms with van der Waals surface area (Å²) in [5.74, 6) is 0.863. The van der Waals surface area contributed by atoms with Crippen molar-refractivity contribution in [3.63, 3.8) is 0 Å². The summed E-state index contributed by atoms with van der Waals surface area (Å²) in [6.45, 7) is 4.94. The zero-order chi connectivity index (χ0) is 14.7. The Hall–Kier alpha value is -1.33. The molecule has 106 valence electrons. The number of carbonyl (C=O) groups excluding carboxylic acids is 1. The smallest absolute Gasteiger partial charge is 0.258 e. The summed E-state index contributed by atoms with van der Waals surface area (Å²) in [6, 6.07) is 6.95. The van der Waals surface area contributed by atoms with Gasteiger partial charge in [-0.1, -0.05) is 41.4 Å². The lowest BCUT2D eigenvalue weighted by molar-refractivity contribution is 0.102. The molecule has 20 heavy (non-hydrogen) atoms. The second-order valence-corrected chi connectivity index (χ2v) is 6.19. The molecule has 0 fully saturated rings. The number of halogens is 2. The zero-order valence-electron chi connectivity index (χ0n) is 11.2. The standard InChI is InChI=1S/C14H15BrClN3O/c1-9(2)8-19-13(5-6-17-19)18-14(20)11-7-10(15)3-4-12(11)16/h3-7,9H,8H2,1-2H3,(H,18,20). The molecule has 2 aromatic rings. The lowest BCUT2D eigenvalue weighted by atomic mass is 10.2. The molecule has 0 saturated carbocycles. The van der Waals surface area contributed by atoms with E-state index in [0.717, 1.165) is 11.0 Å². The van der Waals surface area contributed by atoms with Crippen LogP contribution < -0.4 is 5.32 Å². The summed E-state index contributed by atoms with van der Waals surface area (Å²) in [5.41, 5.74) is 0.429. The van der Waals surface area contributed by atoms with Crippen LogP contribution in [0, 0.1) is 5.92 Å². The SMILES string of the molecule is CC(C)Cn1nccc1NC(=O)c1cc(Br)ccc1Cl. The minimum Gasteiger partial charge on any atom is -0.307 e. The van der Waals surface area contributed by atoms with Gasteiger partial charge in [0.15, 0.2) is 0 Å². The van der Waals surface area contributed by atoms with Crippen molar-refractivity contribution in [2.24, 2.45) is 5.92 Å². The molecule has 2 rings (SSSR count). The molecule has 0 unspecified atom stereocenters. The summed E-state index contributed by atoms with van der Waals surface area (Å²) in [5, 5.41) is 7.46. The Morgan fingerprint density at radius 2 is 2.20 bits per heavy atom. The molecule has 0 aliphatic rings. The minimum atomic E-state index is -0.248. The second kappa shape index (κ2) is 6.41. The van der Waals surface area contributed by atoms with Crippen molar-refractivity contribution in [2.75, 3.05) is 5.32 Å². The highest BCUT2D eigenvalue weighted by atomic mass is 79.9. The lowest BCUT2D eigenvalue weighted by Crippen LogP contribution is -2.17. The van der Waals surface area contributed by atoms with E-state index in [0.29, 0.717) is 22.3 Å². The van der Waals surface area contributed by atoms with Gasteiger partial charge in [-0.05, 0) is 24.1 Å². The number of benzene rings is 1. The van der Waals surface area contributed by atoms with Gasteiger partial charge in [-0.25, -0.2) is 4.68 Å². The number of rotatable bonds is 4. The van der Waals surface area contributed by atoms with Crippen LogP contribution in [0.5, 0.6) is 0 Å². The third kappa shape index (κ3) is 3.61. The second-order valence-electron chi connectivity index (χ2n) is 4.87. The molecule has 0 radical (unpaired) electrons. The van der Waals surface area contributed by atoms with Crippen molar-refractivity contribution in [2.45, 2.75) is 20.4 Å². The average molecular weight is 357 g/mol. The Morgan fingerprint density at radius 3 is 2.90 bits per heavy atom. The number of carbonyl (C=O) groups is 1. The fourth-order valence-electron chi connectivity index (χ4n) is 1.79.